The molecule has 0 radical (unpaired) electrons. The van der Waals surface area contributed by atoms with Crippen LogP contribution in [0.1, 0.15) is 13.3 Å². The first-order valence-corrected chi connectivity index (χ1v) is 6.73. The lowest BCUT2D eigenvalue weighted by atomic mass is 10.2. The van der Waals surface area contributed by atoms with Crippen molar-refractivity contribution < 1.29 is 9.84 Å². The minimum atomic E-state index is -0.147. The van der Waals surface area contributed by atoms with Crippen molar-refractivity contribution in [2.75, 3.05) is 43.1 Å². The number of anilines is 2. The SMILES string of the molecule is CCCNc1nc(Cl)nc(N2CCOCC2CO)n1. The first-order chi connectivity index (χ1) is 9.24. The van der Waals surface area contributed by atoms with Crippen LogP contribution in [0.2, 0.25) is 5.28 Å². The average molecular weight is 288 g/mol. The van der Waals surface area contributed by atoms with Crippen LogP contribution in [-0.2, 0) is 4.74 Å². The van der Waals surface area contributed by atoms with Crippen LogP contribution in [-0.4, -0.2) is 59.0 Å². The predicted molar refractivity (Wildman–Crippen MR) is 72.7 cm³/mol. The molecule has 1 aromatic rings. The summed E-state index contributed by atoms with van der Waals surface area (Å²) in [4.78, 5) is 14.4. The summed E-state index contributed by atoms with van der Waals surface area (Å²) in [5.74, 6) is 0.931. The zero-order valence-electron chi connectivity index (χ0n) is 10.8. The van der Waals surface area contributed by atoms with Crippen LogP contribution in [0.15, 0.2) is 0 Å². The van der Waals surface area contributed by atoms with Gasteiger partial charge in [0, 0.05) is 13.1 Å². The Morgan fingerprint density at radius 1 is 1.47 bits per heavy atom. The topological polar surface area (TPSA) is 83.4 Å². The minimum Gasteiger partial charge on any atom is -0.394 e. The minimum absolute atomic E-state index is 0.0129. The molecule has 0 aliphatic carbocycles. The number of ether oxygens (including phenoxy) is 1. The van der Waals surface area contributed by atoms with Gasteiger partial charge in [0.25, 0.3) is 0 Å². The molecule has 0 aromatic carbocycles. The van der Waals surface area contributed by atoms with Gasteiger partial charge >= 0.3 is 0 Å². The molecule has 2 rings (SSSR count). The molecule has 1 aliphatic rings. The zero-order chi connectivity index (χ0) is 13.7. The van der Waals surface area contributed by atoms with Gasteiger partial charge in [-0.05, 0) is 18.0 Å². The Morgan fingerprint density at radius 2 is 2.32 bits per heavy atom. The molecule has 2 N–H and O–H groups in total. The molecular weight excluding hydrogens is 270 g/mol. The lowest BCUT2D eigenvalue weighted by Gasteiger charge is -2.34. The van der Waals surface area contributed by atoms with Crippen molar-refractivity contribution >= 4 is 23.5 Å². The van der Waals surface area contributed by atoms with Crippen LogP contribution in [0, 0.1) is 0 Å². The highest BCUT2D eigenvalue weighted by molar-refractivity contribution is 6.28. The number of aromatic nitrogens is 3. The molecular formula is C11H18ClN5O2. The highest BCUT2D eigenvalue weighted by Gasteiger charge is 2.25. The number of aliphatic hydroxyl groups excluding tert-OH is 1. The lowest BCUT2D eigenvalue weighted by Crippen LogP contribution is -2.48. The summed E-state index contributed by atoms with van der Waals surface area (Å²) < 4.78 is 5.33. The summed E-state index contributed by atoms with van der Waals surface area (Å²) in [6.07, 6.45) is 0.968. The molecule has 19 heavy (non-hydrogen) atoms. The van der Waals surface area contributed by atoms with Gasteiger partial charge in [-0.25, -0.2) is 0 Å². The number of aliphatic hydroxyl groups is 1. The second-order valence-electron chi connectivity index (χ2n) is 4.26. The Hall–Kier alpha value is -1.18. The largest absolute Gasteiger partial charge is 0.394 e. The predicted octanol–water partition coefficient (Wildman–Crippen LogP) is 0.544. The first kappa shape index (κ1) is 14.2. The summed E-state index contributed by atoms with van der Waals surface area (Å²) in [6.45, 7) is 4.47. The molecule has 0 spiro atoms. The van der Waals surface area contributed by atoms with Gasteiger partial charge in [-0.1, -0.05) is 6.92 Å². The Bertz CT molecular complexity index is 420. The molecule has 0 bridgehead atoms. The fraction of sp³-hybridized carbons (Fsp3) is 0.727. The quantitative estimate of drug-likeness (QED) is 0.818. The summed E-state index contributed by atoms with van der Waals surface area (Å²) in [5, 5.41) is 12.6. The molecule has 1 atom stereocenters. The van der Waals surface area contributed by atoms with Crippen LogP contribution < -0.4 is 10.2 Å². The first-order valence-electron chi connectivity index (χ1n) is 6.35. The van der Waals surface area contributed by atoms with E-state index in [-0.39, 0.29) is 17.9 Å². The monoisotopic (exact) mass is 287 g/mol. The van der Waals surface area contributed by atoms with Crippen molar-refractivity contribution in [2.45, 2.75) is 19.4 Å². The maximum absolute atomic E-state index is 9.36. The van der Waals surface area contributed by atoms with Crippen molar-refractivity contribution in [3.8, 4) is 0 Å². The van der Waals surface area contributed by atoms with E-state index in [4.69, 9.17) is 16.3 Å². The van der Waals surface area contributed by atoms with Crippen LogP contribution in [0.5, 0.6) is 0 Å². The van der Waals surface area contributed by atoms with Gasteiger partial charge in [0.1, 0.15) is 0 Å². The van der Waals surface area contributed by atoms with E-state index in [0.29, 0.717) is 31.7 Å². The van der Waals surface area contributed by atoms with Gasteiger partial charge in [0.05, 0.1) is 25.9 Å². The number of halogens is 1. The van der Waals surface area contributed by atoms with Crippen molar-refractivity contribution in [1.29, 1.82) is 0 Å². The Labute approximate surface area is 117 Å². The Kier molecular flexibility index (Phi) is 5.12. The summed E-state index contributed by atoms with van der Waals surface area (Å²) in [7, 11) is 0. The Balaban J connectivity index is 2.19. The molecule has 1 fully saturated rings. The average Bonchev–Trinajstić information content (AvgIpc) is 2.44. The van der Waals surface area contributed by atoms with E-state index in [2.05, 4.69) is 27.2 Å². The second kappa shape index (κ2) is 6.83. The Morgan fingerprint density at radius 3 is 3.05 bits per heavy atom. The van der Waals surface area contributed by atoms with Crippen molar-refractivity contribution in [2.24, 2.45) is 0 Å². The molecule has 0 amide bonds. The van der Waals surface area contributed by atoms with Crippen LogP contribution in [0.4, 0.5) is 11.9 Å². The van der Waals surface area contributed by atoms with E-state index in [1.165, 1.54) is 0 Å². The molecule has 2 heterocycles. The number of rotatable bonds is 5. The number of morpholine rings is 1. The van der Waals surface area contributed by atoms with Crippen LogP contribution >= 0.6 is 11.6 Å². The van der Waals surface area contributed by atoms with Gasteiger partial charge in [-0.3, -0.25) is 0 Å². The van der Waals surface area contributed by atoms with Crippen molar-refractivity contribution in [1.82, 2.24) is 15.0 Å². The number of hydrogen-bond donors (Lipinski definition) is 2. The van der Waals surface area contributed by atoms with Crippen molar-refractivity contribution in [3.05, 3.63) is 5.28 Å². The fourth-order valence-electron chi connectivity index (χ4n) is 1.85. The fourth-order valence-corrected chi connectivity index (χ4v) is 2.01. The number of nitrogens with zero attached hydrogens (tertiary/aromatic N) is 4. The van der Waals surface area contributed by atoms with Gasteiger partial charge in [-0.2, -0.15) is 15.0 Å². The number of hydrogen-bond acceptors (Lipinski definition) is 7. The molecule has 8 heteroatoms. The van der Waals surface area contributed by atoms with Crippen LogP contribution in [0.25, 0.3) is 0 Å². The highest BCUT2D eigenvalue weighted by Crippen LogP contribution is 2.18. The normalized spacial score (nSPS) is 19.5. The molecule has 1 aliphatic heterocycles. The standard InChI is InChI=1S/C11H18ClN5O2/c1-2-3-13-10-14-9(12)15-11(16-10)17-4-5-19-7-8(17)6-18/h8,18H,2-7H2,1H3,(H,13,14,15,16). The van der Waals surface area contributed by atoms with E-state index >= 15 is 0 Å². The molecule has 7 nitrogen and oxygen atoms in total. The number of nitrogens with one attached hydrogen (secondary N) is 1. The zero-order valence-corrected chi connectivity index (χ0v) is 11.6. The van der Waals surface area contributed by atoms with Gasteiger partial charge in [0.2, 0.25) is 17.2 Å². The molecule has 1 saturated heterocycles. The summed E-state index contributed by atoms with van der Waals surface area (Å²) >= 11 is 5.92. The third-order valence-electron chi connectivity index (χ3n) is 2.82. The van der Waals surface area contributed by atoms with E-state index in [1.807, 2.05) is 4.90 Å². The second-order valence-corrected chi connectivity index (χ2v) is 4.60. The summed E-state index contributed by atoms with van der Waals surface area (Å²) in [5.41, 5.74) is 0. The van der Waals surface area contributed by atoms with Gasteiger partial charge < -0.3 is 20.1 Å². The summed E-state index contributed by atoms with van der Waals surface area (Å²) in [6, 6.07) is -0.147. The maximum Gasteiger partial charge on any atom is 0.231 e. The molecule has 1 unspecified atom stereocenters. The van der Waals surface area contributed by atoms with Crippen LogP contribution in [0.3, 0.4) is 0 Å². The third kappa shape index (κ3) is 3.65. The lowest BCUT2D eigenvalue weighted by molar-refractivity contribution is 0.0718. The molecule has 1 aromatic heterocycles. The van der Waals surface area contributed by atoms with Gasteiger partial charge in [-0.15, -0.1) is 0 Å². The highest BCUT2D eigenvalue weighted by atomic mass is 35.5. The third-order valence-corrected chi connectivity index (χ3v) is 2.99. The van der Waals surface area contributed by atoms with Gasteiger partial charge in [0.15, 0.2) is 0 Å². The smallest absolute Gasteiger partial charge is 0.231 e. The maximum atomic E-state index is 9.36. The molecule has 106 valence electrons. The van der Waals surface area contributed by atoms with E-state index in [1.54, 1.807) is 0 Å². The molecule has 0 saturated carbocycles. The van der Waals surface area contributed by atoms with E-state index in [0.717, 1.165) is 13.0 Å². The van der Waals surface area contributed by atoms with E-state index in [9.17, 15) is 5.11 Å². The van der Waals surface area contributed by atoms with E-state index < -0.39 is 0 Å². The van der Waals surface area contributed by atoms with Crippen molar-refractivity contribution in [3.63, 3.8) is 0 Å².